The Morgan fingerprint density at radius 3 is 1.57 bits per heavy atom. The van der Waals surface area contributed by atoms with E-state index in [2.05, 4.69) is 6.92 Å². The van der Waals surface area contributed by atoms with Crippen LogP contribution in [0.4, 0.5) is 0 Å². The Labute approximate surface area is 184 Å². The molecule has 0 radical (unpaired) electrons. The molecule has 174 valence electrons. The second-order valence-electron chi connectivity index (χ2n) is 8.59. The van der Waals surface area contributed by atoms with Gasteiger partial charge in [0, 0.05) is 6.07 Å². The molecule has 0 aliphatic carbocycles. The van der Waals surface area contributed by atoms with Gasteiger partial charge >= 0.3 is 0 Å². The van der Waals surface area contributed by atoms with Gasteiger partial charge in [-0.3, -0.25) is 4.79 Å². The van der Waals surface area contributed by atoms with Gasteiger partial charge in [-0.05, 0) is 6.42 Å². The van der Waals surface area contributed by atoms with Crippen LogP contribution >= 0.6 is 0 Å². The molecule has 30 heavy (non-hydrogen) atoms. The summed E-state index contributed by atoms with van der Waals surface area (Å²) in [6.45, 7) is 2.56. The number of aliphatic hydroxyl groups excluding tert-OH is 1. The molecule has 0 amide bonds. The average molecular weight is 423 g/mol. The van der Waals surface area contributed by atoms with E-state index in [0.29, 0.717) is 6.61 Å². The lowest BCUT2D eigenvalue weighted by Gasteiger charge is -2.06. The Balaban J connectivity index is 1.78. The fourth-order valence-corrected chi connectivity index (χ4v) is 3.81. The SMILES string of the molecule is CCCCCCCCCCCCCCCCCCCCOc1coc(CO)cc1=O. The molecule has 0 bridgehead atoms. The highest BCUT2D eigenvalue weighted by Gasteiger charge is 2.03. The summed E-state index contributed by atoms with van der Waals surface area (Å²) < 4.78 is 10.6. The largest absolute Gasteiger partial charge is 0.487 e. The molecular formula is C26H46O4. The maximum atomic E-state index is 11.7. The molecule has 4 nitrogen and oxygen atoms in total. The molecule has 1 N–H and O–H groups in total. The van der Waals surface area contributed by atoms with Crippen LogP contribution < -0.4 is 10.2 Å². The molecule has 1 aromatic heterocycles. The van der Waals surface area contributed by atoms with Crippen molar-refractivity contribution in [3.05, 3.63) is 28.3 Å². The van der Waals surface area contributed by atoms with Crippen LogP contribution in [0, 0.1) is 0 Å². The first-order valence-corrected chi connectivity index (χ1v) is 12.6. The number of rotatable bonds is 21. The van der Waals surface area contributed by atoms with Gasteiger partial charge in [0.15, 0.2) is 0 Å². The molecule has 1 heterocycles. The minimum Gasteiger partial charge on any atom is -0.487 e. The van der Waals surface area contributed by atoms with E-state index in [0.717, 1.165) is 12.8 Å². The highest BCUT2D eigenvalue weighted by atomic mass is 16.5. The first-order chi connectivity index (χ1) is 14.8. The van der Waals surface area contributed by atoms with Gasteiger partial charge in [0.25, 0.3) is 0 Å². The van der Waals surface area contributed by atoms with Crippen LogP contribution in [-0.2, 0) is 6.61 Å². The third-order valence-corrected chi connectivity index (χ3v) is 5.76. The summed E-state index contributed by atoms with van der Waals surface area (Å²) in [5.74, 6) is 0.500. The first-order valence-electron chi connectivity index (χ1n) is 12.6. The second-order valence-corrected chi connectivity index (χ2v) is 8.59. The van der Waals surface area contributed by atoms with Crippen molar-refractivity contribution < 1.29 is 14.3 Å². The topological polar surface area (TPSA) is 59.7 Å². The van der Waals surface area contributed by atoms with Crippen molar-refractivity contribution in [3.63, 3.8) is 0 Å². The Morgan fingerprint density at radius 1 is 0.733 bits per heavy atom. The van der Waals surface area contributed by atoms with Gasteiger partial charge in [-0.25, -0.2) is 0 Å². The molecule has 1 aromatic rings. The minimum absolute atomic E-state index is 0.229. The van der Waals surface area contributed by atoms with Crippen LogP contribution in [0.1, 0.15) is 128 Å². The minimum atomic E-state index is -0.269. The van der Waals surface area contributed by atoms with Crippen LogP contribution in [-0.4, -0.2) is 11.7 Å². The molecular weight excluding hydrogens is 376 g/mol. The average Bonchev–Trinajstić information content (AvgIpc) is 2.76. The molecule has 0 fully saturated rings. The molecule has 0 atom stereocenters. The standard InChI is InChI=1S/C26H46O4/c1-2-3-4-5-6-7-8-9-10-11-12-13-14-15-16-17-18-19-20-29-26-23-30-24(22-27)21-25(26)28/h21,23,27H,2-20,22H2,1H3. The normalized spacial score (nSPS) is 11.1. The van der Waals surface area contributed by atoms with Crippen molar-refractivity contribution in [1.29, 1.82) is 0 Å². The van der Waals surface area contributed by atoms with Crippen molar-refractivity contribution >= 4 is 0 Å². The third kappa shape index (κ3) is 14.7. The first kappa shape index (κ1) is 26.7. The van der Waals surface area contributed by atoms with Gasteiger partial charge in [0.1, 0.15) is 18.6 Å². The van der Waals surface area contributed by atoms with E-state index in [1.165, 1.54) is 115 Å². The lowest BCUT2D eigenvalue weighted by molar-refractivity contribution is 0.236. The predicted molar refractivity (Wildman–Crippen MR) is 125 cm³/mol. The lowest BCUT2D eigenvalue weighted by Crippen LogP contribution is -2.09. The fraction of sp³-hybridized carbons (Fsp3) is 0.808. The van der Waals surface area contributed by atoms with E-state index in [1.807, 2.05) is 0 Å². The van der Waals surface area contributed by atoms with Gasteiger partial charge in [-0.2, -0.15) is 0 Å². The van der Waals surface area contributed by atoms with E-state index in [-0.39, 0.29) is 23.5 Å². The smallest absolute Gasteiger partial charge is 0.227 e. The maximum Gasteiger partial charge on any atom is 0.227 e. The number of ether oxygens (including phenoxy) is 1. The van der Waals surface area contributed by atoms with E-state index >= 15 is 0 Å². The summed E-state index contributed by atoms with van der Waals surface area (Å²) in [6, 6.07) is 1.28. The predicted octanol–water partition coefficient (Wildman–Crippen LogP) is 7.55. The zero-order valence-corrected chi connectivity index (χ0v) is 19.5. The summed E-state index contributed by atoms with van der Waals surface area (Å²) in [5.41, 5.74) is -0.229. The number of hydrogen-bond acceptors (Lipinski definition) is 4. The number of hydrogen-bond donors (Lipinski definition) is 1. The summed E-state index contributed by atoms with van der Waals surface area (Å²) in [6.07, 6.45) is 25.7. The lowest BCUT2D eigenvalue weighted by atomic mass is 10.0. The number of unbranched alkanes of at least 4 members (excludes halogenated alkanes) is 17. The highest BCUT2D eigenvalue weighted by Crippen LogP contribution is 2.14. The molecule has 0 spiro atoms. The van der Waals surface area contributed by atoms with Crippen LogP contribution in [0.3, 0.4) is 0 Å². The molecule has 0 aliphatic rings. The van der Waals surface area contributed by atoms with Crippen LogP contribution in [0.2, 0.25) is 0 Å². The highest BCUT2D eigenvalue weighted by molar-refractivity contribution is 5.17. The Morgan fingerprint density at radius 2 is 1.17 bits per heavy atom. The van der Waals surface area contributed by atoms with E-state index in [9.17, 15) is 4.79 Å². The van der Waals surface area contributed by atoms with Gasteiger partial charge in [0.05, 0.1) is 6.61 Å². The summed E-state index contributed by atoms with van der Waals surface area (Å²) in [5, 5.41) is 8.92. The summed E-state index contributed by atoms with van der Waals surface area (Å²) in [7, 11) is 0. The molecule has 0 saturated heterocycles. The van der Waals surface area contributed by atoms with E-state index < -0.39 is 0 Å². The molecule has 0 aromatic carbocycles. The quantitative estimate of drug-likeness (QED) is 0.208. The Hall–Kier alpha value is -1.29. The summed E-state index contributed by atoms with van der Waals surface area (Å²) >= 11 is 0. The molecule has 0 saturated carbocycles. The molecule has 4 heteroatoms. The van der Waals surface area contributed by atoms with E-state index in [1.54, 1.807) is 0 Å². The monoisotopic (exact) mass is 422 g/mol. The zero-order valence-electron chi connectivity index (χ0n) is 19.5. The van der Waals surface area contributed by atoms with E-state index in [4.69, 9.17) is 14.3 Å². The van der Waals surface area contributed by atoms with Crippen LogP contribution in [0.25, 0.3) is 0 Å². The maximum absolute atomic E-state index is 11.7. The van der Waals surface area contributed by atoms with Crippen molar-refractivity contribution in [1.82, 2.24) is 0 Å². The molecule has 0 aliphatic heterocycles. The Kier molecular flexibility index (Phi) is 17.5. The number of aliphatic hydroxyl groups is 1. The van der Waals surface area contributed by atoms with Gasteiger partial charge in [-0.15, -0.1) is 0 Å². The zero-order chi connectivity index (χ0) is 21.7. The second kappa shape index (κ2) is 19.7. The van der Waals surface area contributed by atoms with Gasteiger partial charge in [0.2, 0.25) is 11.2 Å². The van der Waals surface area contributed by atoms with Crippen molar-refractivity contribution in [2.45, 2.75) is 129 Å². The Bertz CT molecular complexity index is 552. The molecule has 0 unspecified atom stereocenters. The molecule has 1 rings (SSSR count). The van der Waals surface area contributed by atoms with Crippen molar-refractivity contribution in [2.24, 2.45) is 0 Å². The van der Waals surface area contributed by atoms with Crippen molar-refractivity contribution in [2.75, 3.05) is 6.61 Å². The third-order valence-electron chi connectivity index (χ3n) is 5.76. The van der Waals surface area contributed by atoms with Gasteiger partial charge in [-0.1, -0.05) is 116 Å². The van der Waals surface area contributed by atoms with Crippen molar-refractivity contribution in [3.8, 4) is 5.75 Å². The van der Waals surface area contributed by atoms with Crippen LogP contribution in [0.15, 0.2) is 21.5 Å². The van der Waals surface area contributed by atoms with Crippen LogP contribution in [0.5, 0.6) is 5.75 Å². The summed E-state index contributed by atoms with van der Waals surface area (Å²) in [4.78, 5) is 11.7. The fourth-order valence-electron chi connectivity index (χ4n) is 3.81. The van der Waals surface area contributed by atoms with Gasteiger partial charge < -0.3 is 14.3 Å².